The molecule has 25 heavy (non-hydrogen) atoms. The summed E-state index contributed by atoms with van der Waals surface area (Å²) in [5, 5.41) is 0. The van der Waals surface area contributed by atoms with Crippen LogP contribution in [0.1, 0.15) is 78.6 Å². The summed E-state index contributed by atoms with van der Waals surface area (Å²) in [6.07, 6.45) is 14.2. The van der Waals surface area contributed by atoms with Crippen LogP contribution in [0.5, 0.6) is 0 Å². The fraction of sp³-hybridized carbons (Fsp3) is 0.810. The van der Waals surface area contributed by atoms with Crippen LogP contribution in [0.3, 0.4) is 0 Å². The molecule has 1 atom stereocenters. The van der Waals surface area contributed by atoms with E-state index in [1.807, 2.05) is 12.2 Å². The predicted molar refractivity (Wildman–Crippen MR) is 108 cm³/mol. The van der Waals surface area contributed by atoms with Gasteiger partial charge in [0.15, 0.2) is 0 Å². The van der Waals surface area contributed by atoms with Crippen molar-refractivity contribution in [2.75, 3.05) is 26.4 Å². The summed E-state index contributed by atoms with van der Waals surface area (Å²) < 4.78 is 11.6. The van der Waals surface area contributed by atoms with Crippen molar-refractivity contribution in [2.24, 2.45) is 17.4 Å². The first-order valence-electron chi connectivity index (χ1n) is 10.2. The molecule has 0 heterocycles. The van der Waals surface area contributed by atoms with E-state index in [0.29, 0.717) is 25.5 Å². The predicted octanol–water partition coefficient (Wildman–Crippen LogP) is 4.89. The Labute approximate surface area is 156 Å². The first-order chi connectivity index (χ1) is 12.2. The monoisotopic (exact) mass is 354 g/mol. The number of unbranched alkanes of at least 4 members (excludes halogenated alkanes) is 4. The molecule has 0 aliphatic rings. The molecular formula is C21H42N2O2. The van der Waals surface area contributed by atoms with Crippen LogP contribution in [0, 0.1) is 5.92 Å². The van der Waals surface area contributed by atoms with Gasteiger partial charge in [-0.15, -0.1) is 0 Å². The van der Waals surface area contributed by atoms with Gasteiger partial charge in [0.2, 0.25) is 0 Å². The Morgan fingerprint density at radius 1 is 1.00 bits per heavy atom. The zero-order valence-electron chi connectivity index (χ0n) is 16.9. The van der Waals surface area contributed by atoms with Gasteiger partial charge < -0.3 is 20.9 Å². The summed E-state index contributed by atoms with van der Waals surface area (Å²) in [4.78, 5) is 0. The smallest absolute Gasteiger partial charge is 0.0991 e. The molecule has 0 saturated carbocycles. The van der Waals surface area contributed by atoms with Gasteiger partial charge >= 0.3 is 0 Å². The van der Waals surface area contributed by atoms with Gasteiger partial charge in [-0.2, -0.15) is 0 Å². The third-order valence-electron chi connectivity index (χ3n) is 4.38. The van der Waals surface area contributed by atoms with Crippen molar-refractivity contribution in [2.45, 2.75) is 78.6 Å². The van der Waals surface area contributed by atoms with E-state index in [1.165, 1.54) is 38.5 Å². The van der Waals surface area contributed by atoms with Crippen molar-refractivity contribution >= 4 is 0 Å². The van der Waals surface area contributed by atoms with Gasteiger partial charge in [0.05, 0.1) is 19.0 Å². The van der Waals surface area contributed by atoms with Gasteiger partial charge in [-0.1, -0.05) is 59.3 Å². The molecule has 148 valence electrons. The van der Waals surface area contributed by atoms with Crippen molar-refractivity contribution in [3.8, 4) is 0 Å². The Kier molecular flexibility index (Phi) is 17.1. The summed E-state index contributed by atoms with van der Waals surface area (Å²) in [6.45, 7) is 9.27. The average molecular weight is 355 g/mol. The third kappa shape index (κ3) is 15.0. The lowest BCUT2D eigenvalue weighted by atomic mass is 10.0. The largest absolute Gasteiger partial charge is 0.498 e. The van der Waals surface area contributed by atoms with Gasteiger partial charge in [-0.25, -0.2) is 0 Å². The zero-order valence-corrected chi connectivity index (χ0v) is 16.9. The minimum atomic E-state index is 0.474. The lowest BCUT2D eigenvalue weighted by Crippen LogP contribution is -2.12. The molecule has 4 heteroatoms. The maximum Gasteiger partial charge on any atom is 0.0991 e. The Balaban J connectivity index is 4.14. The first kappa shape index (κ1) is 24.0. The third-order valence-corrected chi connectivity index (χ3v) is 4.38. The van der Waals surface area contributed by atoms with E-state index >= 15 is 0 Å². The van der Waals surface area contributed by atoms with Crippen LogP contribution in [-0.4, -0.2) is 26.4 Å². The fourth-order valence-corrected chi connectivity index (χ4v) is 2.59. The van der Waals surface area contributed by atoms with Gasteiger partial charge in [-0.3, -0.25) is 0 Å². The van der Waals surface area contributed by atoms with E-state index in [-0.39, 0.29) is 0 Å². The van der Waals surface area contributed by atoms with Crippen LogP contribution in [0.15, 0.2) is 23.6 Å². The summed E-state index contributed by atoms with van der Waals surface area (Å²) >= 11 is 0. The number of rotatable bonds is 17. The van der Waals surface area contributed by atoms with E-state index < -0.39 is 0 Å². The molecule has 0 amide bonds. The van der Waals surface area contributed by atoms with Crippen molar-refractivity contribution in [3.63, 3.8) is 0 Å². The van der Waals surface area contributed by atoms with Crippen molar-refractivity contribution in [3.05, 3.63) is 23.6 Å². The molecule has 0 rings (SSSR count). The van der Waals surface area contributed by atoms with Crippen LogP contribution in [0.25, 0.3) is 0 Å². The molecule has 0 saturated heterocycles. The summed E-state index contributed by atoms with van der Waals surface area (Å²) in [5.41, 5.74) is 12.6. The molecule has 0 bridgehead atoms. The number of hydrogen-bond acceptors (Lipinski definition) is 4. The maximum absolute atomic E-state index is 6.11. The van der Waals surface area contributed by atoms with E-state index in [0.717, 1.165) is 37.5 Å². The Morgan fingerprint density at radius 3 is 2.40 bits per heavy atom. The molecule has 4 N–H and O–H groups in total. The number of ether oxygens (including phenoxy) is 2. The normalized spacial score (nSPS) is 13.9. The van der Waals surface area contributed by atoms with Gasteiger partial charge in [0, 0.05) is 25.3 Å². The number of nitrogens with two attached hydrogens (primary N) is 2. The van der Waals surface area contributed by atoms with E-state index in [1.54, 1.807) is 0 Å². The molecule has 0 aliphatic carbocycles. The molecule has 0 aromatic carbocycles. The minimum absolute atomic E-state index is 0.474. The molecule has 0 radical (unpaired) electrons. The summed E-state index contributed by atoms with van der Waals surface area (Å²) in [7, 11) is 0. The van der Waals surface area contributed by atoms with Crippen LogP contribution >= 0.6 is 0 Å². The van der Waals surface area contributed by atoms with Crippen LogP contribution in [-0.2, 0) is 9.47 Å². The Hall–Kier alpha value is -1.00. The average Bonchev–Trinajstić information content (AvgIpc) is 2.61. The maximum atomic E-state index is 6.11. The van der Waals surface area contributed by atoms with Gasteiger partial charge in [0.1, 0.15) is 0 Å². The zero-order chi connectivity index (χ0) is 18.8. The van der Waals surface area contributed by atoms with Crippen molar-refractivity contribution in [1.82, 2.24) is 0 Å². The second-order valence-electron chi connectivity index (χ2n) is 6.73. The lowest BCUT2D eigenvalue weighted by molar-refractivity contribution is 0.149. The highest BCUT2D eigenvalue weighted by molar-refractivity contribution is 5.09. The van der Waals surface area contributed by atoms with Gasteiger partial charge in [0.25, 0.3) is 0 Å². The number of hydrogen-bond donors (Lipinski definition) is 2. The Morgan fingerprint density at radius 2 is 1.76 bits per heavy atom. The standard InChI is InChI=1S/C21H42N2O2/c1-4-7-9-10-15-24-16-13-20(23)17-21(12-14-22)25-18-19(6-3)11-8-5-2/h12-13,19H,4-11,14-18,22-23H2,1-3H3/b20-13+,21-12+. The van der Waals surface area contributed by atoms with Crippen LogP contribution in [0.2, 0.25) is 0 Å². The van der Waals surface area contributed by atoms with E-state index in [4.69, 9.17) is 20.9 Å². The highest BCUT2D eigenvalue weighted by Gasteiger charge is 2.08. The first-order valence-corrected chi connectivity index (χ1v) is 10.2. The summed E-state index contributed by atoms with van der Waals surface area (Å²) in [6, 6.07) is 0. The topological polar surface area (TPSA) is 70.5 Å². The van der Waals surface area contributed by atoms with Crippen molar-refractivity contribution in [1.29, 1.82) is 0 Å². The van der Waals surface area contributed by atoms with Gasteiger partial charge in [-0.05, 0) is 30.9 Å². The molecule has 0 aromatic heterocycles. The molecular weight excluding hydrogens is 312 g/mol. The molecule has 4 nitrogen and oxygen atoms in total. The quantitative estimate of drug-likeness (QED) is 0.288. The second kappa shape index (κ2) is 17.8. The van der Waals surface area contributed by atoms with Crippen LogP contribution in [0.4, 0.5) is 0 Å². The molecule has 0 spiro atoms. The van der Waals surface area contributed by atoms with E-state index in [2.05, 4.69) is 20.8 Å². The SMILES string of the molecule is CCCCCCOC/C=C(/N)C/C(=C\CN)OCC(CC)CCCC. The highest BCUT2D eigenvalue weighted by atomic mass is 16.5. The molecule has 0 aromatic rings. The second-order valence-corrected chi connectivity index (χ2v) is 6.73. The van der Waals surface area contributed by atoms with E-state index in [9.17, 15) is 0 Å². The molecule has 0 aliphatic heterocycles. The lowest BCUT2D eigenvalue weighted by Gasteiger charge is -2.18. The fourth-order valence-electron chi connectivity index (χ4n) is 2.59. The minimum Gasteiger partial charge on any atom is -0.498 e. The summed E-state index contributed by atoms with van der Waals surface area (Å²) in [5.74, 6) is 1.49. The highest BCUT2D eigenvalue weighted by Crippen LogP contribution is 2.16. The van der Waals surface area contributed by atoms with Crippen LogP contribution < -0.4 is 11.5 Å². The molecule has 0 fully saturated rings. The Bertz CT molecular complexity index is 354. The molecule has 1 unspecified atom stereocenters. The van der Waals surface area contributed by atoms with Crippen molar-refractivity contribution < 1.29 is 9.47 Å².